The summed E-state index contributed by atoms with van der Waals surface area (Å²) in [6, 6.07) is -0.378. The molecule has 0 bridgehead atoms. The van der Waals surface area contributed by atoms with Crippen molar-refractivity contribution in [3.63, 3.8) is 0 Å². The van der Waals surface area contributed by atoms with Crippen LogP contribution in [0.4, 0.5) is 0 Å². The van der Waals surface area contributed by atoms with Gasteiger partial charge in [0.05, 0.1) is 17.1 Å². The first-order valence-corrected chi connectivity index (χ1v) is 7.60. The molecule has 1 aliphatic carbocycles. The summed E-state index contributed by atoms with van der Waals surface area (Å²) in [5.41, 5.74) is 0. The second-order valence-corrected chi connectivity index (χ2v) is 6.62. The average molecular weight is 308 g/mol. The van der Waals surface area contributed by atoms with Crippen LogP contribution in [0.5, 0.6) is 0 Å². The van der Waals surface area contributed by atoms with Gasteiger partial charge in [-0.3, -0.25) is 9.48 Å². The molecule has 1 aliphatic rings. The first kappa shape index (κ1) is 14.3. The van der Waals surface area contributed by atoms with Crippen LogP contribution in [0.3, 0.4) is 0 Å². The maximum atomic E-state index is 12.2. The van der Waals surface area contributed by atoms with Crippen molar-refractivity contribution in [1.29, 1.82) is 0 Å². The molecule has 19 heavy (non-hydrogen) atoms. The monoisotopic (exact) mass is 307 g/mol. The van der Waals surface area contributed by atoms with E-state index in [1.807, 2.05) is 0 Å². The Kier molecular flexibility index (Phi) is 3.84. The van der Waals surface area contributed by atoms with E-state index in [0.717, 1.165) is 0 Å². The summed E-state index contributed by atoms with van der Waals surface area (Å²) < 4.78 is 28.0. The molecule has 1 saturated carbocycles. The van der Waals surface area contributed by atoms with Crippen LogP contribution < -0.4 is 4.72 Å². The second-order valence-electron chi connectivity index (χ2n) is 4.59. The van der Waals surface area contributed by atoms with E-state index in [-0.39, 0.29) is 16.1 Å². The number of halogens is 1. The predicted molar refractivity (Wildman–Crippen MR) is 67.3 cm³/mol. The van der Waals surface area contributed by atoms with Gasteiger partial charge in [-0.05, 0) is 19.3 Å². The van der Waals surface area contributed by atoms with Crippen molar-refractivity contribution in [3.05, 3.63) is 11.2 Å². The summed E-state index contributed by atoms with van der Waals surface area (Å²) in [6.07, 6.45) is 2.53. The average Bonchev–Trinajstić information content (AvgIpc) is 2.85. The van der Waals surface area contributed by atoms with Gasteiger partial charge >= 0.3 is 5.97 Å². The number of rotatable bonds is 4. The van der Waals surface area contributed by atoms with Crippen molar-refractivity contribution in [2.45, 2.75) is 30.3 Å². The highest BCUT2D eigenvalue weighted by molar-refractivity contribution is 7.89. The van der Waals surface area contributed by atoms with Crippen molar-refractivity contribution >= 4 is 27.6 Å². The molecule has 2 N–H and O–H groups in total. The fraction of sp³-hybridized carbons (Fsp3) is 0.600. The largest absolute Gasteiger partial charge is 0.481 e. The van der Waals surface area contributed by atoms with Crippen LogP contribution in [0.15, 0.2) is 11.2 Å². The van der Waals surface area contributed by atoms with Gasteiger partial charge in [0.15, 0.2) is 5.03 Å². The van der Waals surface area contributed by atoms with Gasteiger partial charge in [0, 0.05) is 13.1 Å². The van der Waals surface area contributed by atoms with Gasteiger partial charge in [-0.2, -0.15) is 5.10 Å². The molecule has 0 saturated heterocycles. The van der Waals surface area contributed by atoms with Crippen LogP contribution in [0.25, 0.3) is 0 Å². The lowest BCUT2D eigenvalue weighted by Gasteiger charge is -2.13. The summed E-state index contributed by atoms with van der Waals surface area (Å²) in [5, 5.41) is 12.6. The first-order chi connectivity index (χ1) is 8.81. The van der Waals surface area contributed by atoms with Crippen LogP contribution >= 0.6 is 11.6 Å². The number of aliphatic carboxylic acids is 1. The molecule has 2 rings (SSSR count). The van der Waals surface area contributed by atoms with E-state index in [2.05, 4.69) is 9.82 Å². The number of sulfonamides is 1. The second kappa shape index (κ2) is 5.10. The summed E-state index contributed by atoms with van der Waals surface area (Å²) in [6.45, 7) is 0. The van der Waals surface area contributed by atoms with Crippen molar-refractivity contribution in [2.75, 3.05) is 0 Å². The maximum Gasteiger partial charge on any atom is 0.306 e. The van der Waals surface area contributed by atoms with Gasteiger partial charge in [-0.1, -0.05) is 11.6 Å². The number of nitrogens with zero attached hydrogens (tertiary/aromatic N) is 2. The minimum Gasteiger partial charge on any atom is -0.481 e. The van der Waals surface area contributed by atoms with Gasteiger partial charge < -0.3 is 5.11 Å². The summed E-state index contributed by atoms with van der Waals surface area (Å²) in [4.78, 5) is 10.8. The number of aromatic nitrogens is 2. The van der Waals surface area contributed by atoms with E-state index >= 15 is 0 Å². The van der Waals surface area contributed by atoms with Crippen LogP contribution in [-0.4, -0.2) is 35.3 Å². The van der Waals surface area contributed by atoms with E-state index in [9.17, 15) is 13.2 Å². The van der Waals surface area contributed by atoms with Crippen LogP contribution in [-0.2, 0) is 21.9 Å². The first-order valence-electron chi connectivity index (χ1n) is 5.74. The topological polar surface area (TPSA) is 101 Å². The molecule has 1 aromatic heterocycles. The molecule has 0 amide bonds. The van der Waals surface area contributed by atoms with Gasteiger partial charge in [0.2, 0.25) is 0 Å². The SMILES string of the molecule is Cn1ncc(Cl)c1S(=O)(=O)NC1CCC(C(=O)O)C1. The highest BCUT2D eigenvalue weighted by Crippen LogP contribution is 2.28. The molecule has 0 aromatic carbocycles. The summed E-state index contributed by atoms with van der Waals surface area (Å²) in [5.74, 6) is -1.38. The van der Waals surface area contributed by atoms with Crippen molar-refractivity contribution in [2.24, 2.45) is 13.0 Å². The lowest BCUT2D eigenvalue weighted by atomic mass is 10.1. The molecular formula is C10H14ClN3O4S. The molecular weight excluding hydrogens is 294 g/mol. The predicted octanol–water partition coefficient (Wildman–Crippen LogP) is 0.605. The summed E-state index contributed by atoms with van der Waals surface area (Å²) in [7, 11) is -2.30. The van der Waals surface area contributed by atoms with Crippen LogP contribution in [0.2, 0.25) is 5.02 Å². The minimum absolute atomic E-state index is 0.0442. The van der Waals surface area contributed by atoms with Gasteiger partial charge in [-0.25, -0.2) is 13.1 Å². The third-order valence-electron chi connectivity index (χ3n) is 3.20. The Hall–Kier alpha value is -1.12. The normalized spacial score (nSPS) is 23.7. The Bertz CT molecular complexity index is 578. The molecule has 1 aromatic rings. The Balaban J connectivity index is 2.13. The zero-order valence-electron chi connectivity index (χ0n) is 10.2. The molecule has 9 heteroatoms. The number of carboxylic acid groups (broad SMARTS) is 1. The lowest BCUT2D eigenvalue weighted by molar-refractivity contribution is -0.141. The fourth-order valence-electron chi connectivity index (χ4n) is 2.29. The van der Waals surface area contributed by atoms with Crippen LogP contribution in [0.1, 0.15) is 19.3 Å². The van der Waals surface area contributed by atoms with Gasteiger partial charge in [0.25, 0.3) is 10.0 Å². The maximum absolute atomic E-state index is 12.2. The van der Waals surface area contributed by atoms with Gasteiger partial charge in [0.1, 0.15) is 0 Å². The van der Waals surface area contributed by atoms with Crippen molar-refractivity contribution in [3.8, 4) is 0 Å². The Labute approximate surface area is 115 Å². The number of hydrogen-bond donors (Lipinski definition) is 2. The molecule has 1 heterocycles. The molecule has 0 spiro atoms. The van der Waals surface area contributed by atoms with E-state index < -0.39 is 21.9 Å². The Morgan fingerprint density at radius 3 is 2.74 bits per heavy atom. The van der Waals surface area contributed by atoms with E-state index in [1.165, 1.54) is 17.9 Å². The highest BCUT2D eigenvalue weighted by atomic mass is 35.5. The highest BCUT2D eigenvalue weighted by Gasteiger charge is 2.34. The van der Waals surface area contributed by atoms with Crippen molar-refractivity contribution in [1.82, 2.24) is 14.5 Å². The summed E-state index contributed by atoms with van der Waals surface area (Å²) >= 11 is 5.80. The van der Waals surface area contributed by atoms with E-state index in [4.69, 9.17) is 16.7 Å². The fourth-order valence-corrected chi connectivity index (χ4v) is 4.23. The molecule has 106 valence electrons. The van der Waals surface area contributed by atoms with E-state index in [0.29, 0.717) is 19.3 Å². The minimum atomic E-state index is -3.79. The third-order valence-corrected chi connectivity index (χ3v) is 5.23. The number of nitrogens with one attached hydrogen (secondary N) is 1. The number of carboxylic acids is 1. The lowest BCUT2D eigenvalue weighted by Crippen LogP contribution is -2.34. The smallest absolute Gasteiger partial charge is 0.306 e. The zero-order chi connectivity index (χ0) is 14.2. The quantitative estimate of drug-likeness (QED) is 0.848. The molecule has 0 aliphatic heterocycles. The molecule has 0 radical (unpaired) electrons. The van der Waals surface area contributed by atoms with Crippen molar-refractivity contribution < 1.29 is 18.3 Å². The molecule has 2 unspecified atom stereocenters. The zero-order valence-corrected chi connectivity index (χ0v) is 11.8. The number of carbonyl (C=O) groups is 1. The molecule has 2 atom stereocenters. The van der Waals surface area contributed by atoms with Crippen LogP contribution in [0, 0.1) is 5.92 Å². The Morgan fingerprint density at radius 2 is 2.26 bits per heavy atom. The third kappa shape index (κ3) is 2.90. The van der Waals surface area contributed by atoms with Gasteiger partial charge in [-0.15, -0.1) is 0 Å². The number of hydrogen-bond acceptors (Lipinski definition) is 4. The molecule has 1 fully saturated rings. The standard InChI is InChI=1S/C10H14ClN3O4S/c1-14-9(8(11)5-12-14)19(17,18)13-7-3-2-6(4-7)10(15)16/h5-7,13H,2-4H2,1H3,(H,15,16). The Morgan fingerprint density at radius 1 is 1.58 bits per heavy atom. The molecule has 7 nitrogen and oxygen atoms in total. The number of aryl methyl sites for hydroxylation is 1. The van der Waals surface area contributed by atoms with E-state index in [1.54, 1.807) is 0 Å².